The quantitative estimate of drug-likeness (QED) is 0.705. The molecule has 2 atom stereocenters. The molecule has 0 fully saturated rings. The maximum absolute atomic E-state index is 13.8. The molecule has 0 radical (unpaired) electrons. The molecule has 0 saturated carbocycles. The number of nitrogens with one attached hydrogen (secondary N) is 1. The highest BCUT2D eigenvalue weighted by Gasteiger charge is 2.36. The molecule has 5 nitrogen and oxygen atoms in total. The summed E-state index contributed by atoms with van der Waals surface area (Å²) in [5, 5.41) is 12.3. The molecule has 2 aromatic carbocycles. The van der Waals surface area contributed by atoms with Crippen LogP contribution < -0.4 is 10.1 Å². The van der Waals surface area contributed by atoms with E-state index in [9.17, 15) is 9.18 Å². The van der Waals surface area contributed by atoms with Crippen molar-refractivity contribution < 1.29 is 13.9 Å². The minimum absolute atomic E-state index is 0.0833. The molecular formula is C23H18FN3O2. The number of pyridine rings is 1. The number of hydrogen-bond donors (Lipinski definition) is 1. The SMILES string of the molecule is CCC(=O)C1Oc2c(cncc2-c2ccc(C#N)cc2)NC1c1cccc(F)c1. The first-order valence-corrected chi connectivity index (χ1v) is 9.30. The van der Waals surface area contributed by atoms with E-state index in [0.29, 0.717) is 34.5 Å². The number of nitriles is 1. The van der Waals surface area contributed by atoms with Crippen molar-refractivity contribution in [2.45, 2.75) is 25.5 Å². The lowest BCUT2D eigenvalue weighted by Gasteiger charge is -2.35. The summed E-state index contributed by atoms with van der Waals surface area (Å²) in [6.45, 7) is 1.78. The second-order valence-corrected chi connectivity index (χ2v) is 6.79. The number of benzene rings is 2. The fourth-order valence-corrected chi connectivity index (χ4v) is 3.46. The van der Waals surface area contributed by atoms with Crippen molar-refractivity contribution in [2.24, 2.45) is 0 Å². The number of hydrogen-bond acceptors (Lipinski definition) is 5. The van der Waals surface area contributed by atoms with Crippen LogP contribution in [-0.2, 0) is 4.79 Å². The van der Waals surface area contributed by atoms with Crippen LogP contribution in [0.3, 0.4) is 0 Å². The zero-order valence-corrected chi connectivity index (χ0v) is 15.7. The first-order chi connectivity index (χ1) is 14.1. The van der Waals surface area contributed by atoms with Gasteiger partial charge in [0, 0.05) is 18.2 Å². The molecule has 2 heterocycles. The summed E-state index contributed by atoms with van der Waals surface area (Å²) in [7, 11) is 0. The number of fused-ring (bicyclic) bond motifs is 1. The van der Waals surface area contributed by atoms with E-state index in [2.05, 4.69) is 16.4 Å². The molecular weight excluding hydrogens is 369 g/mol. The molecule has 2 unspecified atom stereocenters. The standard InChI is InChI=1S/C23H18FN3O2/c1-2-20(28)23-21(16-4-3-5-17(24)10-16)27-19-13-26-12-18(22(19)29-23)15-8-6-14(11-25)7-9-15/h3-10,12-13,21,23,27H,2H2,1H3. The second-order valence-electron chi connectivity index (χ2n) is 6.79. The lowest BCUT2D eigenvalue weighted by molar-refractivity contribution is -0.126. The number of aromatic nitrogens is 1. The van der Waals surface area contributed by atoms with Gasteiger partial charge in [0.25, 0.3) is 0 Å². The van der Waals surface area contributed by atoms with Crippen LogP contribution in [0.1, 0.15) is 30.5 Å². The van der Waals surface area contributed by atoms with Gasteiger partial charge in [-0.3, -0.25) is 9.78 Å². The van der Waals surface area contributed by atoms with Gasteiger partial charge in [0.05, 0.1) is 29.6 Å². The monoisotopic (exact) mass is 387 g/mol. The zero-order chi connectivity index (χ0) is 20.4. The molecule has 1 aliphatic rings. The molecule has 1 aromatic heterocycles. The van der Waals surface area contributed by atoms with Crippen LogP contribution in [0.25, 0.3) is 11.1 Å². The van der Waals surface area contributed by atoms with Crippen LogP contribution in [0.5, 0.6) is 5.75 Å². The highest BCUT2D eigenvalue weighted by atomic mass is 19.1. The summed E-state index contributed by atoms with van der Waals surface area (Å²) in [4.78, 5) is 17.0. The molecule has 4 rings (SSSR count). The lowest BCUT2D eigenvalue weighted by Crippen LogP contribution is -2.40. The van der Waals surface area contributed by atoms with Crippen LogP contribution in [0, 0.1) is 17.1 Å². The minimum Gasteiger partial charge on any atom is -0.477 e. The van der Waals surface area contributed by atoms with Gasteiger partial charge in [-0.15, -0.1) is 0 Å². The van der Waals surface area contributed by atoms with Crippen LogP contribution in [0.2, 0.25) is 0 Å². The Morgan fingerprint density at radius 3 is 2.72 bits per heavy atom. The smallest absolute Gasteiger partial charge is 0.181 e. The van der Waals surface area contributed by atoms with Gasteiger partial charge in [0.1, 0.15) is 5.82 Å². The van der Waals surface area contributed by atoms with E-state index in [0.717, 1.165) is 5.56 Å². The predicted octanol–water partition coefficient (Wildman–Crippen LogP) is 4.65. The molecule has 0 saturated heterocycles. The van der Waals surface area contributed by atoms with Crippen molar-refractivity contribution in [1.29, 1.82) is 5.26 Å². The fraction of sp³-hybridized carbons (Fsp3) is 0.174. The van der Waals surface area contributed by atoms with E-state index < -0.39 is 12.1 Å². The third-order valence-electron chi connectivity index (χ3n) is 4.95. The van der Waals surface area contributed by atoms with Crippen molar-refractivity contribution in [3.8, 4) is 22.9 Å². The van der Waals surface area contributed by atoms with Gasteiger partial charge in [0.2, 0.25) is 0 Å². The van der Waals surface area contributed by atoms with Gasteiger partial charge in [-0.1, -0.05) is 31.2 Å². The molecule has 6 heteroatoms. The lowest BCUT2D eigenvalue weighted by atomic mass is 9.94. The van der Waals surface area contributed by atoms with Crippen LogP contribution in [-0.4, -0.2) is 16.9 Å². The van der Waals surface area contributed by atoms with Gasteiger partial charge < -0.3 is 10.1 Å². The van der Waals surface area contributed by atoms with E-state index >= 15 is 0 Å². The van der Waals surface area contributed by atoms with Crippen LogP contribution in [0.15, 0.2) is 60.9 Å². The number of ketones is 1. The Balaban J connectivity index is 1.79. The van der Waals surface area contributed by atoms with Crippen molar-refractivity contribution in [3.05, 3.63) is 77.9 Å². The predicted molar refractivity (Wildman–Crippen MR) is 107 cm³/mol. The van der Waals surface area contributed by atoms with Crippen LogP contribution in [0.4, 0.5) is 10.1 Å². The third kappa shape index (κ3) is 3.55. The van der Waals surface area contributed by atoms with E-state index in [1.54, 1.807) is 43.6 Å². The summed E-state index contributed by atoms with van der Waals surface area (Å²) in [6.07, 6.45) is 2.79. The Labute approximate surface area is 167 Å². The summed E-state index contributed by atoms with van der Waals surface area (Å²) >= 11 is 0. The number of rotatable bonds is 4. The number of halogens is 1. The van der Waals surface area contributed by atoms with E-state index in [-0.39, 0.29) is 11.6 Å². The zero-order valence-electron chi connectivity index (χ0n) is 15.7. The van der Waals surface area contributed by atoms with Crippen LogP contribution >= 0.6 is 0 Å². The Hall–Kier alpha value is -3.72. The number of Topliss-reactive ketones (excluding diaryl/α,β-unsaturated/α-hetero) is 1. The Bertz CT molecular complexity index is 1110. The average molecular weight is 387 g/mol. The largest absolute Gasteiger partial charge is 0.477 e. The Kier molecular flexibility index (Phi) is 4.96. The summed E-state index contributed by atoms with van der Waals surface area (Å²) < 4.78 is 20.0. The van der Waals surface area contributed by atoms with Gasteiger partial charge >= 0.3 is 0 Å². The van der Waals surface area contributed by atoms with Crippen molar-refractivity contribution in [1.82, 2.24) is 4.98 Å². The maximum Gasteiger partial charge on any atom is 0.181 e. The second kappa shape index (κ2) is 7.72. The van der Waals surface area contributed by atoms with E-state index in [1.807, 2.05) is 12.1 Å². The van der Waals surface area contributed by atoms with Crippen molar-refractivity contribution in [2.75, 3.05) is 5.32 Å². The number of nitrogens with zero attached hydrogens (tertiary/aromatic N) is 2. The summed E-state index contributed by atoms with van der Waals surface area (Å²) in [6, 6.07) is 14.8. The third-order valence-corrected chi connectivity index (χ3v) is 4.95. The van der Waals surface area contributed by atoms with Gasteiger partial charge in [-0.25, -0.2) is 4.39 Å². The van der Waals surface area contributed by atoms with Gasteiger partial charge in [0.15, 0.2) is 17.6 Å². The molecule has 0 spiro atoms. The first-order valence-electron chi connectivity index (χ1n) is 9.30. The maximum atomic E-state index is 13.8. The normalized spacial score (nSPS) is 17.4. The average Bonchev–Trinajstić information content (AvgIpc) is 2.77. The number of carbonyl (C=O) groups is 1. The first kappa shape index (κ1) is 18.6. The molecule has 0 aliphatic carbocycles. The number of ether oxygens (including phenoxy) is 1. The number of anilines is 1. The van der Waals surface area contributed by atoms with Gasteiger partial charge in [-0.2, -0.15) is 5.26 Å². The number of carbonyl (C=O) groups excluding carboxylic acids is 1. The highest BCUT2D eigenvalue weighted by molar-refractivity contribution is 5.87. The van der Waals surface area contributed by atoms with Crippen molar-refractivity contribution >= 4 is 11.5 Å². The molecule has 144 valence electrons. The fourth-order valence-electron chi connectivity index (χ4n) is 3.46. The molecule has 3 aromatic rings. The molecule has 29 heavy (non-hydrogen) atoms. The summed E-state index contributed by atoms with van der Waals surface area (Å²) in [5.74, 6) is 0.0615. The minimum atomic E-state index is -0.797. The topological polar surface area (TPSA) is 75.0 Å². The van der Waals surface area contributed by atoms with E-state index in [1.165, 1.54) is 12.1 Å². The molecule has 0 bridgehead atoms. The molecule has 1 aliphatic heterocycles. The van der Waals surface area contributed by atoms with Crippen molar-refractivity contribution in [3.63, 3.8) is 0 Å². The van der Waals surface area contributed by atoms with Gasteiger partial charge in [-0.05, 0) is 35.4 Å². The highest BCUT2D eigenvalue weighted by Crippen LogP contribution is 2.43. The Morgan fingerprint density at radius 1 is 1.24 bits per heavy atom. The summed E-state index contributed by atoms with van der Waals surface area (Å²) in [5.41, 5.74) is 3.34. The molecule has 1 N–H and O–H groups in total. The Morgan fingerprint density at radius 2 is 2.03 bits per heavy atom. The molecule has 0 amide bonds. The van der Waals surface area contributed by atoms with E-state index in [4.69, 9.17) is 10.00 Å².